The molecule has 2 aromatic rings. The average molecular weight is 288 g/mol. The molecule has 0 unspecified atom stereocenters. The van der Waals surface area contributed by atoms with Gasteiger partial charge in [-0.1, -0.05) is 30.3 Å². The normalized spacial score (nSPS) is 10.3. The molecule has 0 aromatic heterocycles. The molecule has 21 heavy (non-hydrogen) atoms. The van der Waals surface area contributed by atoms with Gasteiger partial charge in [-0.05, 0) is 11.6 Å². The first-order valence-electron chi connectivity index (χ1n) is 6.46. The van der Waals surface area contributed by atoms with Gasteiger partial charge in [0.1, 0.15) is 12.4 Å². The molecular formula is C15H16N2O4. The Balaban J connectivity index is 2.23. The van der Waals surface area contributed by atoms with E-state index in [1.807, 2.05) is 30.3 Å². The third-order valence-corrected chi connectivity index (χ3v) is 3.03. The first kappa shape index (κ1) is 14.8. The van der Waals surface area contributed by atoms with Crippen LogP contribution in [0.4, 0.5) is 11.4 Å². The molecule has 0 aliphatic rings. The minimum Gasteiger partial charge on any atom is -0.486 e. The van der Waals surface area contributed by atoms with Crippen LogP contribution in [-0.2, 0) is 13.0 Å². The predicted molar refractivity (Wildman–Crippen MR) is 79.1 cm³/mol. The van der Waals surface area contributed by atoms with E-state index in [4.69, 9.17) is 15.6 Å². The SMILES string of the molecule is Nc1cc(CCO)c([N+](=O)[O-])cc1OCc1ccccc1. The number of benzene rings is 2. The van der Waals surface area contributed by atoms with E-state index in [0.717, 1.165) is 5.56 Å². The summed E-state index contributed by atoms with van der Waals surface area (Å²) in [4.78, 5) is 10.6. The number of aliphatic hydroxyl groups excluding tert-OH is 1. The van der Waals surface area contributed by atoms with Crippen molar-refractivity contribution in [2.45, 2.75) is 13.0 Å². The van der Waals surface area contributed by atoms with Crippen molar-refractivity contribution in [3.63, 3.8) is 0 Å². The topological polar surface area (TPSA) is 98.6 Å². The van der Waals surface area contributed by atoms with Crippen LogP contribution in [0.2, 0.25) is 0 Å². The van der Waals surface area contributed by atoms with Crippen LogP contribution in [0, 0.1) is 10.1 Å². The van der Waals surface area contributed by atoms with E-state index in [1.165, 1.54) is 12.1 Å². The van der Waals surface area contributed by atoms with Crippen molar-refractivity contribution in [1.82, 2.24) is 0 Å². The first-order valence-corrected chi connectivity index (χ1v) is 6.46. The molecule has 0 bridgehead atoms. The third kappa shape index (κ3) is 3.70. The van der Waals surface area contributed by atoms with Crippen molar-refractivity contribution >= 4 is 11.4 Å². The molecule has 0 saturated heterocycles. The maximum atomic E-state index is 11.1. The number of aliphatic hydroxyl groups is 1. The molecule has 0 spiro atoms. The van der Waals surface area contributed by atoms with Gasteiger partial charge in [-0.2, -0.15) is 0 Å². The van der Waals surface area contributed by atoms with Crippen molar-refractivity contribution < 1.29 is 14.8 Å². The van der Waals surface area contributed by atoms with Crippen LogP contribution in [0.15, 0.2) is 42.5 Å². The molecule has 0 radical (unpaired) electrons. The molecular weight excluding hydrogens is 272 g/mol. The highest BCUT2D eigenvalue weighted by molar-refractivity contribution is 5.61. The number of nitro groups is 1. The van der Waals surface area contributed by atoms with Gasteiger partial charge >= 0.3 is 0 Å². The highest BCUT2D eigenvalue weighted by Crippen LogP contribution is 2.31. The molecule has 0 heterocycles. The lowest BCUT2D eigenvalue weighted by Gasteiger charge is -2.11. The van der Waals surface area contributed by atoms with Crippen molar-refractivity contribution in [3.8, 4) is 5.75 Å². The molecule has 0 atom stereocenters. The number of anilines is 1. The Morgan fingerprint density at radius 2 is 1.95 bits per heavy atom. The highest BCUT2D eigenvalue weighted by Gasteiger charge is 2.17. The molecule has 0 aliphatic carbocycles. The predicted octanol–water partition coefficient (Wildman–Crippen LogP) is 2.29. The van der Waals surface area contributed by atoms with E-state index in [9.17, 15) is 10.1 Å². The van der Waals surface area contributed by atoms with E-state index < -0.39 is 4.92 Å². The average Bonchev–Trinajstić information content (AvgIpc) is 2.47. The van der Waals surface area contributed by atoms with E-state index in [0.29, 0.717) is 11.3 Å². The van der Waals surface area contributed by atoms with Gasteiger partial charge in [0.15, 0.2) is 0 Å². The molecule has 2 aromatic carbocycles. The Bertz CT molecular complexity index is 629. The lowest BCUT2D eigenvalue weighted by Crippen LogP contribution is -2.04. The van der Waals surface area contributed by atoms with Crippen LogP contribution in [0.25, 0.3) is 0 Å². The number of nitrogens with zero attached hydrogens (tertiary/aromatic N) is 1. The summed E-state index contributed by atoms with van der Waals surface area (Å²) in [6.07, 6.45) is 0.180. The number of hydrogen-bond donors (Lipinski definition) is 2. The van der Waals surface area contributed by atoms with Gasteiger partial charge in [-0.3, -0.25) is 10.1 Å². The van der Waals surface area contributed by atoms with E-state index >= 15 is 0 Å². The fourth-order valence-corrected chi connectivity index (χ4v) is 1.98. The summed E-state index contributed by atoms with van der Waals surface area (Å²) in [5, 5.41) is 20.0. The molecule has 110 valence electrons. The van der Waals surface area contributed by atoms with Crippen LogP contribution in [0.1, 0.15) is 11.1 Å². The number of hydrogen-bond acceptors (Lipinski definition) is 5. The maximum Gasteiger partial charge on any atom is 0.276 e. The van der Waals surface area contributed by atoms with Crippen LogP contribution >= 0.6 is 0 Å². The molecule has 0 aliphatic heterocycles. The Morgan fingerprint density at radius 3 is 2.57 bits per heavy atom. The monoisotopic (exact) mass is 288 g/mol. The van der Waals surface area contributed by atoms with Gasteiger partial charge in [0, 0.05) is 18.6 Å². The van der Waals surface area contributed by atoms with E-state index in [-0.39, 0.29) is 31.1 Å². The number of nitrogens with two attached hydrogens (primary N) is 1. The van der Waals surface area contributed by atoms with Crippen molar-refractivity contribution in [2.75, 3.05) is 12.3 Å². The lowest BCUT2D eigenvalue weighted by atomic mass is 10.1. The minimum absolute atomic E-state index is 0.0960. The Morgan fingerprint density at radius 1 is 1.24 bits per heavy atom. The molecule has 6 nitrogen and oxygen atoms in total. The first-order chi connectivity index (χ1) is 10.1. The van der Waals surface area contributed by atoms with Crippen LogP contribution in [0.3, 0.4) is 0 Å². The zero-order chi connectivity index (χ0) is 15.2. The second kappa shape index (κ2) is 6.71. The second-order valence-electron chi connectivity index (χ2n) is 4.52. The summed E-state index contributed by atoms with van der Waals surface area (Å²) in [5.74, 6) is 0.271. The summed E-state index contributed by atoms with van der Waals surface area (Å²) >= 11 is 0. The molecule has 3 N–H and O–H groups in total. The quantitative estimate of drug-likeness (QED) is 0.482. The van der Waals surface area contributed by atoms with Crippen molar-refractivity contribution in [3.05, 3.63) is 63.7 Å². The van der Waals surface area contributed by atoms with Gasteiger partial charge in [-0.25, -0.2) is 0 Å². The van der Waals surface area contributed by atoms with E-state index in [1.54, 1.807) is 0 Å². The highest BCUT2D eigenvalue weighted by atomic mass is 16.6. The fourth-order valence-electron chi connectivity index (χ4n) is 1.98. The standard InChI is InChI=1S/C15H16N2O4/c16-13-8-12(6-7-18)14(17(19)20)9-15(13)21-10-11-4-2-1-3-5-11/h1-5,8-9,18H,6-7,10,16H2. The van der Waals surface area contributed by atoms with Crippen LogP contribution < -0.4 is 10.5 Å². The van der Waals surface area contributed by atoms with Crippen molar-refractivity contribution in [1.29, 1.82) is 0 Å². The van der Waals surface area contributed by atoms with E-state index in [2.05, 4.69) is 0 Å². The van der Waals surface area contributed by atoms with Gasteiger partial charge in [0.25, 0.3) is 5.69 Å². The summed E-state index contributed by atoms with van der Waals surface area (Å²) in [6, 6.07) is 12.2. The second-order valence-corrected chi connectivity index (χ2v) is 4.52. The number of ether oxygens (including phenoxy) is 1. The van der Waals surface area contributed by atoms with Gasteiger partial charge in [-0.15, -0.1) is 0 Å². The maximum absolute atomic E-state index is 11.1. The van der Waals surface area contributed by atoms with Crippen molar-refractivity contribution in [2.24, 2.45) is 0 Å². The largest absolute Gasteiger partial charge is 0.486 e. The Hall–Kier alpha value is -2.60. The molecule has 0 fully saturated rings. The molecule has 0 amide bonds. The zero-order valence-electron chi connectivity index (χ0n) is 11.4. The van der Waals surface area contributed by atoms with Gasteiger partial charge < -0.3 is 15.6 Å². The fraction of sp³-hybridized carbons (Fsp3) is 0.200. The van der Waals surface area contributed by atoms with Gasteiger partial charge in [0.2, 0.25) is 0 Å². The Kier molecular flexibility index (Phi) is 4.73. The van der Waals surface area contributed by atoms with Crippen LogP contribution in [-0.4, -0.2) is 16.6 Å². The lowest BCUT2D eigenvalue weighted by molar-refractivity contribution is -0.385. The van der Waals surface area contributed by atoms with Crippen LogP contribution in [0.5, 0.6) is 5.75 Å². The number of nitrogen functional groups attached to an aromatic ring is 1. The molecule has 0 saturated carbocycles. The summed E-state index contributed by atoms with van der Waals surface area (Å²) < 4.78 is 5.55. The summed E-state index contributed by atoms with van der Waals surface area (Å²) in [7, 11) is 0. The Labute approximate surface area is 121 Å². The smallest absolute Gasteiger partial charge is 0.276 e. The summed E-state index contributed by atoms with van der Waals surface area (Å²) in [6.45, 7) is 0.103. The zero-order valence-corrected chi connectivity index (χ0v) is 11.4. The molecule has 2 rings (SSSR count). The number of nitro benzene ring substituents is 1. The summed E-state index contributed by atoms with van der Waals surface area (Å²) in [5.41, 5.74) is 7.42. The van der Waals surface area contributed by atoms with Gasteiger partial charge in [0.05, 0.1) is 16.7 Å². The molecule has 6 heteroatoms. The third-order valence-electron chi connectivity index (χ3n) is 3.03. The number of rotatable bonds is 6. The minimum atomic E-state index is -0.500.